The van der Waals surface area contributed by atoms with Crippen molar-refractivity contribution in [3.63, 3.8) is 0 Å². The Morgan fingerprint density at radius 1 is 1.59 bits per heavy atom. The van der Waals surface area contributed by atoms with Crippen molar-refractivity contribution in [2.45, 2.75) is 44.7 Å². The van der Waals surface area contributed by atoms with E-state index in [-0.39, 0.29) is 5.92 Å². The maximum Gasteiger partial charge on any atom is 0.306 e. The lowest BCUT2D eigenvalue weighted by Crippen LogP contribution is -2.37. The largest absolute Gasteiger partial charge is 0.481 e. The molecule has 1 saturated carbocycles. The number of carboxylic acids is 1. The van der Waals surface area contributed by atoms with Gasteiger partial charge in [0.1, 0.15) is 0 Å². The van der Waals surface area contributed by atoms with Crippen LogP contribution in [0.2, 0.25) is 0 Å². The van der Waals surface area contributed by atoms with Crippen molar-refractivity contribution in [2.75, 3.05) is 0 Å². The minimum Gasteiger partial charge on any atom is -0.481 e. The average molecular weight is 253 g/mol. The van der Waals surface area contributed by atoms with Crippen LogP contribution in [0.3, 0.4) is 0 Å². The highest BCUT2D eigenvalue weighted by Gasteiger charge is 2.27. The maximum absolute atomic E-state index is 11.0. The third kappa shape index (κ3) is 3.30. The van der Waals surface area contributed by atoms with Crippen molar-refractivity contribution < 1.29 is 9.90 Å². The van der Waals surface area contributed by atoms with Crippen LogP contribution in [0, 0.1) is 5.92 Å². The Hall–Kier alpha value is -0.870. The summed E-state index contributed by atoms with van der Waals surface area (Å²) < 4.78 is 0. The van der Waals surface area contributed by atoms with Crippen molar-refractivity contribution >= 4 is 17.3 Å². The van der Waals surface area contributed by atoms with Gasteiger partial charge in [0.25, 0.3) is 0 Å². The van der Waals surface area contributed by atoms with E-state index in [1.807, 2.05) is 0 Å². The Morgan fingerprint density at radius 3 is 3.06 bits per heavy atom. The molecule has 0 amide bonds. The van der Waals surface area contributed by atoms with Gasteiger partial charge in [0, 0.05) is 17.0 Å². The molecule has 1 fully saturated rings. The van der Waals surface area contributed by atoms with Crippen LogP contribution in [0.15, 0.2) is 17.5 Å². The van der Waals surface area contributed by atoms with Gasteiger partial charge >= 0.3 is 5.97 Å². The lowest BCUT2D eigenvalue weighted by atomic mass is 9.85. The molecule has 1 aromatic heterocycles. The highest BCUT2D eigenvalue weighted by molar-refractivity contribution is 7.10. The first kappa shape index (κ1) is 12.6. The second-order valence-electron chi connectivity index (χ2n) is 4.80. The van der Waals surface area contributed by atoms with Gasteiger partial charge in [-0.2, -0.15) is 0 Å². The highest BCUT2D eigenvalue weighted by atomic mass is 32.1. The van der Waals surface area contributed by atoms with E-state index < -0.39 is 5.97 Å². The van der Waals surface area contributed by atoms with E-state index in [0.717, 1.165) is 25.7 Å². The fraction of sp³-hybridized carbons (Fsp3) is 0.615. The van der Waals surface area contributed by atoms with E-state index in [1.54, 1.807) is 11.3 Å². The molecule has 0 spiro atoms. The SMILES string of the molecule is C[C@@H](NC1CCCC(C(=O)O)C1)c1cccs1. The van der Waals surface area contributed by atoms with E-state index in [4.69, 9.17) is 5.11 Å². The van der Waals surface area contributed by atoms with Crippen molar-refractivity contribution in [1.29, 1.82) is 0 Å². The quantitative estimate of drug-likeness (QED) is 0.867. The molecule has 1 heterocycles. The summed E-state index contributed by atoms with van der Waals surface area (Å²) in [5, 5.41) is 14.7. The van der Waals surface area contributed by atoms with Gasteiger partial charge in [0.2, 0.25) is 0 Å². The van der Waals surface area contributed by atoms with Crippen LogP contribution in [0.25, 0.3) is 0 Å². The Balaban J connectivity index is 1.88. The second kappa shape index (κ2) is 5.65. The Bertz CT molecular complexity index is 364. The molecule has 3 atom stereocenters. The van der Waals surface area contributed by atoms with Crippen molar-refractivity contribution in [3.8, 4) is 0 Å². The molecule has 4 heteroatoms. The number of rotatable bonds is 4. The number of aliphatic carboxylic acids is 1. The maximum atomic E-state index is 11.0. The van der Waals surface area contributed by atoms with Gasteiger partial charge in [-0.3, -0.25) is 4.79 Å². The molecule has 1 aromatic rings. The lowest BCUT2D eigenvalue weighted by molar-refractivity contribution is -0.143. The third-order valence-corrected chi connectivity index (χ3v) is 4.53. The molecule has 0 bridgehead atoms. The Kier molecular flexibility index (Phi) is 4.18. The van der Waals surface area contributed by atoms with E-state index in [1.165, 1.54) is 4.88 Å². The fourth-order valence-corrected chi connectivity index (χ4v) is 3.28. The summed E-state index contributed by atoms with van der Waals surface area (Å²) in [7, 11) is 0. The van der Waals surface area contributed by atoms with Crippen LogP contribution >= 0.6 is 11.3 Å². The minimum absolute atomic E-state index is 0.156. The topological polar surface area (TPSA) is 49.3 Å². The monoisotopic (exact) mass is 253 g/mol. The van der Waals surface area contributed by atoms with Crippen LogP contribution in [0.4, 0.5) is 0 Å². The molecular weight excluding hydrogens is 234 g/mol. The summed E-state index contributed by atoms with van der Waals surface area (Å²) in [6.07, 6.45) is 3.72. The molecule has 0 aliphatic heterocycles. The molecule has 2 N–H and O–H groups in total. The average Bonchev–Trinajstić information content (AvgIpc) is 2.82. The molecule has 94 valence electrons. The van der Waals surface area contributed by atoms with Crippen molar-refractivity contribution in [2.24, 2.45) is 5.92 Å². The Morgan fingerprint density at radius 2 is 2.41 bits per heavy atom. The highest BCUT2D eigenvalue weighted by Crippen LogP contribution is 2.27. The van der Waals surface area contributed by atoms with E-state index in [0.29, 0.717) is 12.1 Å². The predicted octanol–water partition coefficient (Wildman–Crippen LogP) is 3.04. The minimum atomic E-state index is -0.639. The summed E-state index contributed by atoms with van der Waals surface area (Å²) in [5.41, 5.74) is 0. The molecule has 3 nitrogen and oxygen atoms in total. The fourth-order valence-electron chi connectivity index (χ4n) is 2.54. The van der Waals surface area contributed by atoms with E-state index >= 15 is 0 Å². The molecule has 2 rings (SSSR count). The summed E-state index contributed by atoms with van der Waals surface area (Å²) in [6.45, 7) is 2.15. The van der Waals surface area contributed by atoms with Gasteiger partial charge in [0.15, 0.2) is 0 Å². The molecule has 0 radical (unpaired) electrons. The summed E-state index contributed by atoms with van der Waals surface area (Å²) in [4.78, 5) is 12.3. The van der Waals surface area contributed by atoms with Gasteiger partial charge in [0.05, 0.1) is 5.92 Å². The van der Waals surface area contributed by atoms with Crippen molar-refractivity contribution in [1.82, 2.24) is 5.32 Å². The smallest absolute Gasteiger partial charge is 0.306 e. The summed E-state index contributed by atoms with van der Waals surface area (Å²) in [6, 6.07) is 4.85. The van der Waals surface area contributed by atoms with Crippen molar-refractivity contribution in [3.05, 3.63) is 22.4 Å². The van der Waals surface area contributed by atoms with Gasteiger partial charge in [-0.05, 0) is 37.6 Å². The standard InChI is InChI=1S/C13H19NO2S/c1-9(12-6-3-7-17-12)14-11-5-2-4-10(8-11)13(15)16/h3,6-7,9-11,14H,2,4-5,8H2,1H3,(H,15,16)/t9-,10?,11?/m1/s1. The molecular formula is C13H19NO2S. The molecule has 1 aliphatic rings. The van der Waals surface area contributed by atoms with Crippen LogP contribution < -0.4 is 5.32 Å². The number of carboxylic acid groups (broad SMARTS) is 1. The van der Waals surface area contributed by atoms with Crippen LogP contribution in [0.5, 0.6) is 0 Å². The third-order valence-electron chi connectivity index (χ3n) is 3.48. The Labute approximate surface area is 106 Å². The zero-order valence-corrected chi connectivity index (χ0v) is 10.9. The van der Waals surface area contributed by atoms with Gasteiger partial charge < -0.3 is 10.4 Å². The van der Waals surface area contributed by atoms with E-state index in [2.05, 4.69) is 29.8 Å². The normalized spacial score (nSPS) is 26.6. The zero-order valence-electron chi connectivity index (χ0n) is 10.1. The number of nitrogens with one attached hydrogen (secondary N) is 1. The second-order valence-corrected chi connectivity index (χ2v) is 5.78. The first-order chi connectivity index (χ1) is 8.16. The molecule has 0 aromatic carbocycles. The van der Waals surface area contributed by atoms with Gasteiger partial charge in [-0.15, -0.1) is 11.3 Å². The predicted molar refractivity (Wildman–Crippen MR) is 69.3 cm³/mol. The lowest BCUT2D eigenvalue weighted by Gasteiger charge is -2.29. The van der Waals surface area contributed by atoms with E-state index in [9.17, 15) is 4.79 Å². The number of carbonyl (C=O) groups is 1. The van der Waals surface area contributed by atoms with Crippen LogP contribution in [-0.2, 0) is 4.79 Å². The first-order valence-electron chi connectivity index (χ1n) is 6.19. The molecule has 17 heavy (non-hydrogen) atoms. The van der Waals surface area contributed by atoms with Gasteiger partial charge in [-0.25, -0.2) is 0 Å². The van der Waals surface area contributed by atoms with Crippen LogP contribution in [-0.4, -0.2) is 17.1 Å². The summed E-state index contributed by atoms with van der Waals surface area (Å²) in [5.74, 6) is -0.794. The molecule has 0 saturated heterocycles. The van der Waals surface area contributed by atoms with Crippen LogP contribution in [0.1, 0.15) is 43.5 Å². The number of hydrogen-bond acceptors (Lipinski definition) is 3. The summed E-state index contributed by atoms with van der Waals surface area (Å²) >= 11 is 1.75. The number of thiophene rings is 1. The molecule has 1 aliphatic carbocycles. The van der Waals surface area contributed by atoms with Gasteiger partial charge in [-0.1, -0.05) is 12.5 Å². The first-order valence-corrected chi connectivity index (χ1v) is 7.07. The molecule has 2 unspecified atom stereocenters. The zero-order chi connectivity index (χ0) is 12.3. The number of hydrogen-bond donors (Lipinski definition) is 2.